The number of aromatic hydroxyl groups is 1. The number of fused-ring (bicyclic) bond motifs is 1. The Hall–Kier alpha value is -0.730. The van der Waals surface area contributed by atoms with Gasteiger partial charge in [0.15, 0.2) is 0 Å². The molecule has 1 heterocycles. The highest BCUT2D eigenvalue weighted by molar-refractivity contribution is 7.19. The van der Waals surface area contributed by atoms with Gasteiger partial charge in [-0.15, -0.1) is 22.9 Å². The summed E-state index contributed by atoms with van der Waals surface area (Å²) in [5.74, 6) is 0.898. The Bertz CT molecular complexity index is 408. The second kappa shape index (κ2) is 3.20. The third-order valence-corrected chi connectivity index (χ3v) is 3.56. The average molecular weight is 213 g/mol. The molecule has 0 aliphatic heterocycles. The van der Waals surface area contributed by atoms with Crippen LogP contribution in [0.4, 0.5) is 0 Å². The zero-order valence-corrected chi connectivity index (χ0v) is 8.75. The zero-order valence-electron chi connectivity index (χ0n) is 7.17. The Morgan fingerprint density at radius 3 is 2.85 bits per heavy atom. The number of hydrogen-bond donors (Lipinski definition) is 1. The maximum atomic E-state index is 9.47. The summed E-state index contributed by atoms with van der Waals surface area (Å²) in [5, 5.41) is 10.6. The largest absolute Gasteiger partial charge is 0.508 e. The molecule has 0 aliphatic rings. The van der Waals surface area contributed by atoms with E-state index < -0.39 is 0 Å². The lowest BCUT2D eigenvalue weighted by Crippen LogP contribution is -1.72. The van der Waals surface area contributed by atoms with Crippen LogP contribution in [0.25, 0.3) is 10.1 Å². The second-order valence-corrected chi connectivity index (χ2v) is 4.46. The molecule has 0 aliphatic carbocycles. The van der Waals surface area contributed by atoms with Crippen LogP contribution < -0.4 is 0 Å². The third kappa shape index (κ3) is 1.52. The molecular weight excluding hydrogens is 204 g/mol. The highest BCUT2D eigenvalue weighted by Crippen LogP contribution is 2.31. The molecule has 0 bridgehead atoms. The first-order valence-electron chi connectivity index (χ1n) is 3.98. The number of benzene rings is 1. The van der Waals surface area contributed by atoms with Crippen LogP contribution in [0.1, 0.15) is 10.4 Å². The van der Waals surface area contributed by atoms with Crippen molar-refractivity contribution in [3.05, 3.63) is 28.6 Å². The molecule has 1 N–H and O–H groups in total. The van der Waals surface area contributed by atoms with E-state index in [0.717, 1.165) is 20.5 Å². The number of phenols is 1. The summed E-state index contributed by atoms with van der Waals surface area (Å²) in [6.45, 7) is 1.90. The smallest absolute Gasteiger partial charge is 0.119 e. The summed E-state index contributed by atoms with van der Waals surface area (Å²) in [7, 11) is 0. The fourth-order valence-electron chi connectivity index (χ4n) is 1.31. The van der Waals surface area contributed by atoms with Gasteiger partial charge < -0.3 is 5.11 Å². The highest BCUT2D eigenvalue weighted by Gasteiger charge is 2.03. The van der Waals surface area contributed by atoms with E-state index in [1.54, 1.807) is 17.4 Å². The maximum absolute atomic E-state index is 9.47. The van der Waals surface area contributed by atoms with E-state index in [-0.39, 0.29) is 0 Å². The molecule has 0 saturated heterocycles. The molecule has 0 unspecified atom stereocenters. The van der Waals surface area contributed by atoms with Crippen molar-refractivity contribution in [3.63, 3.8) is 0 Å². The van der Waals surface area contributed by atoms with Crippen molar-refractivity contribution in [2.24, 2.45) is 0 Å². The van der Waals surface area contributed by atoms with Gasteiger partial charge in [-0.2, -0.15) is 0 Å². The second-order valence-electron chi connectivity index (χ2n) is 3.02. The average Bonchev–Trinajstić information content (AvgIpc) is 2.48. The van der Waals surface area contributed by atoms with Crippen LogP contribution in [0, 0.1) is 6.92 Å². The molecule has 1 aromatic heterocycles. The first-order valence-corrected chi connectivity index (χ1v) is 5.34. The van der Waals surface area contributed by atoms with Gasteiger partial charge in [-0.3, -0.25) is 0 Å². The van der Waals surface area contributed by atoms with Crippen molar-refractivity contribution in [1.82, 2.24) is 0 Å². The standard InChI is InChI=1S/C10H9ClOS/c1-6-2-7-3-8(5-11)13-10(7)4-9(6)12/h2-4,12H,5H2,1H3. The predicted molar refractivity (Wildman–Crippen MR) is 57.8 cm³/mol. The van der Waals surface area contributed by atoms with Gasteiger partial charge in [0.1, 0.15) is 5.75 Å². The summed E-state index contributed by atoms with van der Waals surface area (Å²) >= 11 is 7.35. The molecule has 0 amide bonds. The Balaban J connectivity index is 2.70. The van der Waals surface area contributed by atoms with Crippen molar-refractivity contribution in [2.45, 2.75) is 12.8 Å². The number of alkyl halides is 1. The van der Waals surface area contributed by atoms with Crippen LogP contribution in [-0.2, 0) is 5.88 Å². The monoisotopic (exact) mass is 212 g/mol. The Morgan fingerprint density at radius 1 is 1.38 bits per heavy atom. The van der Waals surface area contributed by atoms with Gasteiger partial charge in [0.05, 0.1) is 5.88 Å². The van der Waals surface area contributed by atoms with E-state index >= 15 is 0 Å². The number of halogens is 1. The van der Waals surface area contributed by atoms with Gasteiger partial charge in [-0.25, -0.2) is 0 Å². The molecule has 1 aromatic carbocycles. The quantitative estimate of drug-likeness (QED) is 0.716. The molecule has 3 heteroatoms. The Kier molecular flexibility index (Phi) is 2.18. The van der Waals surface area contributed by atoms with E-state index in [2.05, 4.69) is 6.07 Å². The number of phenolic OH excluding ortho intramolecular Hbond substituents is 1. The lowest BCUT2D eigenvalue weighted by atomic mass is 10.1. The SMILES string of the molecule is Cc1cc2cc(CCl)sc2cc1O. The van der Waals surface area contributed by atoms with Gasteiger partial charge in [-0.05, 0) is 36.1 Å². The van der Waals surface area contributed by atoms with Crippen LogP contribution in [0.5, 0.6) is 5.75 Å². The molecule has 13 heavy (non-hydrogen) atoms. The van der Waals surface area contributed by atoms with Crippen LogP contribution in [0.2, 0.25) is 0 Å². The molecule has 68 valence electrons. The van der Waals surface area contributed by atoms with E-state index in [1.165, 1.54) is 0 Å². The van der Waals surface area contributed by atoms with E-state index in [9.17, 15) is 5.11 Å². The summed E-state index contributed by atoms with van der Waals surface area (Å²) in [6.07, 6.45) is 0. The number of hydrogen-bond acceptors (Lipinski definition) is 2. The first-order chi connectivity index (χ1) is 6.20. The summed E-state index contributed by atoms with van der Waals surface area (Å²) in [6, 6.07) is 5.85. The van der Waals surface area contributed by atoms with Gasteiger partial charge in [0.25, 0.3) is 0 Å². The van der Waals surface area contributed by atoms with Gasteiger partial charge in [-0.1, -0.05) is 0 Å². The normalized spacial score (nSPS) is 10.9. The number of thiophene rings is 1. The minimum atomic E-state index is 0.357. The topological polar surface area (TPSA) is 20.2 Å². The Labute approximate surface area is 85.6 Å². The van der Waals surface area contributed by atoms with Crippen molar-refractivity contribution in [3.8, 4) is 5.75 Å². The van der Waals surface area contributed by atoms with Gasteiger partial charge in [0, 0.05) is 9.58 Å². The number of rotatable bonds is 1. The van der Waals surface area contributed by atoms with Crippen molar-refractivity contribution in [2.75, 3.05) is 0 Å². The highest BCUT2D eigenvalue weighted by atomic mass is 35.5. The lowest BCUT2D eigenvalue weighted by Gasteiger charge is -1.96. The van der Waals surface area contributed by atoms with Crippen LogP contribution in [0.15, 0.2) is 18.2 Å². The first kappa shape index (κ1) is 8.85. The molecule has 0 atom stereocenters. The van der Waals surface area contributed by atoms with Gasteiger partial charge in [0.2, 0.25) is 0 Å². The lowest BCUT2D eigenvalue weighted by molar-refractivity contribution is 0.472. The van der Waals surface area contributed by atoms with Crippen molar-refractivity contribution < 1.29 is 5.11 Å². The summed E-state index contributed by atoms with van der Waals surface area (Å²) in [4.78, 5) is 1.14. The van der Waals surface area contributed by atoms with E-state index in [0.29, 0.717) is 11.6 Å². The minimum Gasteiger partial charge on any atom is -0.508 e. The summed E-state index contributed by atoms with van der Waals surface area (Å²) < 4.78 is 1.10. The third-order valence-electron chi connectivity index (χ3n) is 2.02. The fraction of sp³-hybridized carbons (Fsp3) is 0.200. The molecule has 0 radical (unpaired) electrons. The predicted octanol–water partition coefficient (Wildman–Crippen LogP) is 3.65. The van der Waals surface area contributed by atoms with Crippen molar-refractivity contribution >= 4 is 33.0 Å². The van der Waals surface area contributed by atoms with E-state index in [1.807, 2.05) is 13.0 Å². The van der Waals surface area contributed by atoms with Crippen molar-refractivity contribution in [1.29, 1.82) is 0 Å². The Morgan fingerprint density at radius 2 is 2.15 bits per heavy atom. The maximum Gasteiger partial charge on any atom is 0.119 e. The van der Waals surface area contributed by atoms with Gasteiger partial charge >= 0.3 is 0 Å². The molecule has 0 fully saturated rings. The molecule has 2 rings (SSSR count). The number of aryl methyl sites for hydroxylation is 1. The molecule has 0 saturated carbocycles. The molecular formula is C10H9ClOS. The molecule has 1 nitrogen and oxygen atoms in total. The minimum absolute atomic E-state index is 0.357. The fourth-order valence-corrected chi connectivity index (χ4v) is 2.48. The summed E-state index contributed by atoms with van der Waals surface area (Å²) in [5.41, 5.74) is 0.909. The van der Waals surface area contributed by atoms with E-state index in [4.69, 9.17) is 11.6 Å². The molecule has 0 spiro atoms. The zero-order chi connectivity index (χ0) is 9.42. The van der Waals surface area contributed by atoms with Crippen LogP contribution in [-0.4, -0.2) is 5.11 Å². The van der Waals surface area contributed by atoms with Crippen LogP contribution in [0.3, 0.4) is 0 Å². The molecule has 2 aromatic rings. The van der Waals surface area contributed by atoms with Crippen LogP contribution >= 0.6 is 22.9 Å².